The number of carbonyl (C=O) groups is 1. The number of hydrogen-bond donors (Lipinski definition) is 2. The highest BCUT2D eigenvalue weighted by molar-refractivity contribution is 5.98. The molecule has 5 nitrogen and oxygen atoms in total. The van der Waals surface area contributed by atoms with Crippen molar-refractivity contribution in [1.82, 2.24) is 5.32 Å². The Hall–Kier alpha value is -1.75. The monoisotopic (exact) mass is 279 g/mol. The fraction of sp³-hybridized carbons (Fsp3) is 0.533. The van der Waals surface area contributed by atoms with Crippen LogP contribution in [0.5, 0.6) is 11.5 Å². The molecule has 2 atom stereocenters. The van der Waals surface area contributed by atoms with Crippen LogP contribution in [-0.2, 0) is 0 Å². The SMILES string of the molecule is COc1cccc(C(=O)N[C@H]2CCCC[C@@H]2O)c1OC. The van der Waals surface area contributed by atoms with Crippen molar-refractivity contribution in [2.75, 3.05) is 14.2 Å². The maximum Gasteiger partial charge on any atom is 0.255 e. The van der Waals surface area contributed by atoms with E-state index in [-0.39, 0.29) is 11.9 Å². The summed E-state index contributed by atoms with van der Waals surface area (Å²) in [5.74, 6) is 0.689. The highest BCUT2D eigenvalue weighted by Crippen LogP contribution is 2.31. The number of benzene rings is 1. The van der Waals surface area contributed by atoms with Crippen LogP contribution in [-0.4, -0.2) is 37.4 Å². The minimum absolute atomic E-state index is 0.188. The Morgan fingerprint density at radius 1 is 1.25 bits per heavy atom. The normalized spacial score (nSPS) is 22.1. The Labute approximate surface area is 118 Å². The van der Waals surface area contributed by atoms with Gasteiger partial charge in [-0.2, -0.15) is 0 Å². The van der Waals surface area contributed by atoms with Crippen molar-refractivity contribution < 1.29 is 19.4 Å². The first-order valence-corrected chi connectivity index (χ1v) is 6.87. The number of para-hydroxylation sites is 1. The summed E-state index contributed by atoms with van der Waals surface area (Å²) < 4.78 is 10.4. The first kappa shape index (κ1) is 14.7. The molecule has 2 rings (SSSR count). The highest BCUT2D eigenvalue weighted by Gasteiger charge is 2.26. The minimum Gasteiger partial charge on any atom is -0.493 e. The van der Waals surface area contributed by atoms with Gasteiger partial charge in [-0.05, 0) is 25.0 Å². The van der Waals surface area contributed by atoms with Gasteiger partial charge < -0.3 is 19.9 Å². The third kappa shape index (κ3) is 3.04. The molecule has 0 heterocycles. The van der Waals surface area contributed by atoms with Gasteiger partial charge in [0, 0.05) is 0 Å². The van der Waals surface area contributed by atoms with Crippen LogP contribution >= 0.6 is 0 Å². The first-order valence-electron chi connectivity index (χ1n) is 6.87. The quantitative estimate of drug-likeness (QED) is 0.881. The lowest BCUT2D eigenvalue weighted by Crippen LogP contribution is -2.45. The van der Waals surface area contributed by atoms with E-state index < -0.39 is 6.10 Å². The standard InChI is InChI=1S/C15H21NO4/c1-19-13-9-5-6-10(14(13)20-2)15(18)16-11-7-3-4-8-12(11)17/h5-6,9,11-12,17H,3-4,7-8H2,1-2H3,(H,16,18)/t11-,12-/m0/s1. The molecule has 20 heavy (non-hydrogen) atoms. The van der Waals surface area contributed by atoms with Gasteiger partial charge in [0.25, 0.3) is 5.91 Å². The van der Waals surface area contributed by atoms with E-state index in [1.165, 1.54) is 14.2 Å². The molecule has 0 spiro atoms. The average molecular weight is 279 g/mol. The second-order valence-corrected chi connectivity index (χ2v) is 4.97. The maximum absolute atomic E-state index is 12.3. The van der Waals surface area contributed by atoms with Crippen molar-refractivity contribution >= 4 is 5.91 Å². The summed E-state index contributed by atoms with van der Waals surface area (Å²) in [5.41, 5.74) is 0.421. The van der Waals surface area contributed by atoms with Gasteiger partial charge >= 0.3 is 0 Å². The molecule has 1 aromatic rings. The number of nitrogens with one attached hydrogen (secondary N) is 1. The second-order valence-electron chi connectivity index (χ2n) is 4.97. The van der Waals surface area contributed by atoms with Gasteiger partial charge in [-0.25, -0.2) is 0 Å². The van der Waals surface area contributed by atoms with Crippen LogP contribution < -0.4 is 14.8 Å². The smallest absolute Gasteiger partial charge is 0.255 e. The molecule has 0 unspecified atom stereocenters. The van der Waals surface area contributed by atoms with Crippen LogP contribution in [0.25, 0.3) is 0 Å². The van der Waals surface area contributed by atoms with Gasteiger partial charge in [-0.3, -0.25) is 4.79 Å². The molecule has 1 aliphatic carbocycles. The van der Waals surface area contributed by atoms with E-state index in [0.29, 0.717) is 17.1 Å². The molecule has 1 saturated carbocycles. The molecule has 0 radical (unpaired) electrons. The lowest BCUT2D eigenvalue weighted by molar-refractivity contribution is 0.0715. The van der Waals surface area contributed by atoms with E-state index in [1.807, 2.05) is 0 Å². The van der Waals surface area contributed by atoms with Crippen LogP contribution in [0.2, 0.25) is 0 Å². The summed E-state index contributed by atoms with van der Waals surface area (Å²) in [6, 6.07) is 4.98. The predicted molar refractivity (Wildman–Crippen MR) is 75.3 cm³/mol. The zero-order chi connectivity index (χ0) is 14.5. The van der Waals surface area contributed by atoms with Crippen LogP contribution in [0.15, 0.2) is 18.2 Å². The van der Waals surface area contributed by atoms with Crippen molar-refractivity contribution in [3.05, 3.63) is 23.8 Å². The van der Waals surface area contributed by atoms with E-state index in [1.54, 1.807) is 18.2 Å². The summed E-state index contributed by atoms with van der Waals surface area (Å²) >= 11 is 0. The summed E-state index contributed by atoms with van der Waals surface area (Å²) in [4.78, 5) is 12.3. The first-order chi connectivity index (χ1) is 9.67. The molecule has 0 bridgehead atoms. The fourth-order valence-corrected chi connectivity index (χ4v) is 2.59. The number of hydrogen-bond acceptors (Lipinski definition) is 4. The van der Waals surface area contributed by atoms with Crippen LogP contribution in [0.3, 0.4) is 0 Å². The topological polar surface area (TPSA) is 67.8 Å². The number of aliphatic hydroxyl groups excluding tert-OH is 1. The van der Waals surface area contributed by atoms with Crippen molar-refractivity contribution in [3.63, 3.8) is 0 Å². The fourth-order valence-electron chi connectivity index (χ4n) is 2.59. The number of ether oxygens (including phenoxy) is 2. The van der Waals surface area contributed by atoms with Gasteiger partial charge in [-0.15, -0.1) is 0 Å². The maximum atomic E-state index is 12.3. The predicted octanol–water partition coefficient (Wildman–Crippen LogP) is 1.74. The molecule has 110 valence electrons. The number of rotatable bonds is 4. The summed E-state index contributed by atoms with van der Waals surface area (Å²) in [7, 11) is 3.04. The summed E-state index contributed by atoms with van der Waals surface area (Å²) in [6.07, 6.45) is 3.11. The van der Waals surface area contributed by atoms with Crippen molar-refractivity contribution in [3.8, 4) is 11.5 Å². The Kier molecular flexibility index (Phi) is 4.84. The molecule has 0 saturated heterocycles. The van der Waals surface area contributed by atoms with Crippen LogP contribution in [0.1, 0.15) is 36.0 Å². The molecule has 1 aromatic carbocycles. The Bertz CT molecular complexity index is 475. The van der Waals surface area contributed by atoms with Gasteiger partial charge in [0.05, 0.1) is 31.9 Å². The molecular formula is C15H21NO4. The van der Waals surface area contributed by atoms with Crippen molar-refractivity contribution in [2.45, 2.75) is 37.8 Å². The number of methoxy groups -OCH3 is 2. The van der Waals surface area contributed by atoms with Crippen LogP contribution in [0.4, 0.5) is 0 Å². The third-order valence-electron chi connectivity index (χ3n) is 3.69. The van der Waals surface area contributed by atoms with Gasteiger partial charge in [0.15, 0.2) is 11.5 Å². The van der Waals surface area contributed by atoms with Crippen molar-refractivity contribution in [1.29, 1.82) is 0 Å². The lowest BCUT2D eigenvalue weighted by Gasteiger charge is -2.28. The Balaban J connectivity index is 2.16. The van der Waals surface area contributed by atoms with E-state index in [2.05, 4.69) is 5.32 Å². The zero-order valence-corrected chi connectivity index (χ0v) is 11.9. The average Bonchev–Trinajstić information content (AvgIpc) is 2.48. The van der Waals surface area contributed by atoms with Gasteiger partial charge in [0.1, 0.15) is 0 Å². The second kappa shape index (κ2) is 6.61. The molecule has 1 amide bonds. The van der Waals surface area contributed by atoms with E-state index >= 15 is 0 Å². The van der Waals surface area contributed by atoms with E-state index in [9.17, 15) is 9.90 Å². The number of aliphatic hydroxyl groups is 1. The lowest BCUT2D eigenvalue weighted by atomic mass is 9.92. The molecule has 1 aliphatic rings. The zero-order valence-electron chi connectivity index (χ0n) is 11.9. The van der Waals surface area contributed by atoms with E-state index in [0.717, 1.165) is 25.7 Å². The van der Waals surface area contributed by atoms with Crippen LogP contribution in [0, 0.1) is 0 Å². The third-order valence-corrected chi connectivity index (χ3v) is 3.69. The molecule has 0 aliphatic heterocycles. The Morgan fingerprint density at radius 2 is 2.00 bits per heavy atom. The number of carbonyl (C=O) groups excluding carboxylic acids is 1. The van der Waals surface area contributed by atoms with Gasteiger partial charge in [-0.1, -0.05) is 18.9 Å². The summed E-state index contributed by atoms with van der Waals surface area (Å²) in [6.45, 7) is 0. The largest absolute Gasteiger partial charge is 0.493 e. The Morgan fingerprint density at radius 3 is 2.65 bits per heavy atom. The van der Waals surface area contributed by atoms with Gasteiger partial charge in [0.2, 0.25) is 0 Å². The molecule has 5 heteroatoms. The van der Waals surface area contributed by atoms with E-state index in [4.69, 9.17) is 9.47 Å². The minimum atomic E-state index is -0.468. The number of amides is 1. The summed E-state index contributed by atoms with van der Waals surface area (Å²) in [5, 5.41) is 12.8. The van der Waals surface area contributed by atoms with Crippen molar-refractivity contribution in [2.24, 2.45) is 0 Å². The molecule has 0 aromatic heterocycles. The molecular weight excluding hydrogens is 258 g/mol. The highest BCUT2D eigenvalue weighted by atomic mass is 16.5. The molecule has 1 fully saturated rings. The molecule has 2 N–H and O–H groups in total.